The lowest BCUT2D eigenvalue weighted by atomic mass is 10.2. The van der Waals surface area contributed by atoms with Gasteiger partial charge in [0, 0.05) is 18.1 Å². The Bertz CT molecular complexity index is 885. The van der Waals surface area contributed by atoms with E-state index in [0.29, 0.717) is 17.4 Å². The number of hydrogen-bond donors (Lipinski definition) is 2. The number of amides is 1. The fourth-order valence-corrected chi connectivity index (χ4v) is 2.44. The van der Waals surface area contributed by atoms with Crippen LogP contribution in [-0.4, -0.2) is 15.9 Å². The Balaban J connectivity index is 1.54. The normalized spacial score (nSPS) is 10.4. The summed E-state index contributed by atoms with van der Waals surface area (Å²) in [7, 11) is 0. The van der Waals surface area contributed by atoms with Gasteiger partial charge in [-0.05, 0) is 29.3 Å². The van der Waals surface area contributed by atoms with E-state index in [1.165, 1.54) is 24.5 Å². The lowest BCUT2D eigenvalue weighted by molar-refractivity contribution is 0.0945. The number of anilines is 1. The smallest absolute Gasteiger partial charge is 0.271 e. The zero-order chi connectivity index (χ0) is 18.4. The second kappa shape index (κ2) is 8.40. The Morgan fingerprint density at radius 3 is 2.46 bits per heavy atom. The maximum Gasteiger partial charge on any atom is 0.271 e. The molecule has 1 amide bonds. The number of nitrogens with one attached hydrogen (secondary N) is 2. The van der Waals surface area contributed by atoms with Crippen molar-refractivity contribution in [1.82, 2.24) is 15.3 Å². The predicted octanol–water partition coefficient (Wildman–Crippen LogP) is 3.81. The van der Waals surface area contributed by atoms with E-state index in [1.807, 2.05) is 24.3 Å². The van der Waals surface area contributed by atoms with Crippen LogP contribution in [0.3, 0.4) is 0 Å². The predicted molar refractivity (Wildman–Crippen MR) is 98.4 cm³/mol. The van der Waals surface area contributed by atoms with Crippen molar-refractivity contribution in [3.05, 3.63) is 88.6 Å². The molecule has 3 aromatic rings. The number of carbonyl (C=O) groups is 1. The summed E-state index contributed by atoms with van der Waals surface area (Å²) in [6.07, 6.45) is 2.89. The first-order chi connectivity index (χ1) is 12.6. The summed E-state index contributed by atoms with van der Waals surface area (Å²) >= 11 is 6.10. The largest absolute Gasteiger partial charge is 0.365 e. The first-order valence-corrected chi connectivity index (χ1v) is 8.31. The Kier molecular flexibility index (Phi) is 5.76. The van der Waals surface area contributed by atoms with Crippen molar-refractivity contribution >= 4 is 23.3 Å². The number of rotatable bonds is 6. The van der Waals surface area contributed by atoms with Crippen molar-refractivity contribution in [2.24, 2.45) is 0 Å². The van der Waals surface area contributed by atoms with Crippen molar-refractivity contribution in [3.8, 4) is 0 Å². The summed E-state index contributed by atoms with van der Waals surface area (Å²) < 4.78 is 12.9. The first kappa shape index (κ1) is 17.8. The standard InChI is InChI=1S/C19H16ClFN4O/c20-16-4-2-1-3-14(16)10-23-18-12-22-17(11-24-18)19(26)25-9-13-5-7-15(21)8-6-13/h1-8,11-12H,9-10H2,(H,23,24)(H,25,26). The summed E-state index contributed by atoms with van der Waals surface area (Å²) in [6, 6.07) is 13.4. The van der Waals surface area contributed by atoms with Gasteiger partial charge in [-0.2, -0.15) is 0 Å². The Hall–Kier alpha value is -2.99. The summed E-state index contributed by atoms with van der Waals surface area (Å²) in [5, 5.41) is 6.49. The van der Waals surface area contributed by atoms with Crippen molar-refractivity contribution < 1.29 is 9.18 Å². The van der Waals surface area contributed by atoms with Gasteiger partial charge in [0.25, 0.3) is 5.91 Å². The van der Waals surface area contributed by atoms with E-state index in [9.17, 15) is 9.18 Å². The van der Waals surface area contributed by atoms with E-state index in [4.69, 9.17) is 11.6 Å². The van der Waals surface area contributed by atoms with Gasteiger partial charge in [-0.25, -0.2) is 14.4 Å². The van der Waals surface area contributed by atoms with Crippen LogP contribution < -0.4 is 10.6 Å². The van der Waals surface area contributed by atoms with Crippen LogP contribution in [0.15, 0.2) is 60.9 Å². The second-order valence-corrected chi connectivity index (χ2v) is 5.95. The number of halogens is 2. The molecule has 1 aromatic heterocycles. The maximum absolute atomic E-state index is 12.9. The molecule has 0 aliphatic heterocycles. The quantitative estimate of drug-likeness (QED) is 0.692. The lowest BCUT2D eigenvalue weighted by Crippen LogP contribution is -2.24. The third-order valence-corrected chi connectivity index (χ3v) is 4.04. The second-order valence-electron chi connectivity index (χ2n) is 5.54. The SMILES string of the molecule is O=C(NCc1ccc(F)cc1)c1cnc(NCc2ccccc2Cl)cn1. The zero-order valence-corrected chi connectivity index (χ0v) is 14.5. The van der Waals surface area contributed by atoms with E-state index in [1.54, 1.807) is 12.1 Å². The molecule has 0 bridgehead atoms. The van der Waals surface area contributed by atoms with Gasteiger partial charge in [0.05, 0.1) is 12.4 Å². The van der Waals surface area contributed by atoms with Gasteiger partial charge >= 0.3 is 0 Å². The Morgan fingerprint density at radius 1 is 1.00 bits per heavy atom. The summed E-state index contributed by atoms with van der Waals surface area (Å²) in [5.74, 6) is -0.120. The third kappa shape index (κ3) is 4.77. The van der Waals surface area contributed by atoms with Crippen LogP contribution in [0.1, 0.15) is 21.6 Å². The number of hydrogen-bond acceptors (Lipinski definition) is 4. The van der Waals surface area contributed by atoms with Crippen LogP contribution in [-0.2, 0) is 13.1 Å². The molecule has 5 nitrogen and oxygen atoms in total. The van der Waals surface area contributed by atoms with Crippen LogP contribution >= 0.6 is 11.6 Å². The molecule has 0 aliphatic carbocycles. The average molecular weight is 371 g/mol. The highest BCUT2D eigenvalue weighted by molar-refractivity contribution is 6.31. The van der Waals surface area contributed by atoms with E-state index in [-0.39, 0.29) is 24.0 Å². The van der Waals surface area contributed by atoms with Crippen molar-refractivity contribution in [2.75, 3.05) is 5.32 Å². The van der Waals surface area contributed by atoms with Crippen LogP contribution in [0.2, 0.25) is 5.02 Å². The Labute approximate surface area is 155 Å². The number of nitrogens with zero attached hydrogens (tertiary/aromatic N) is 2. The molecule has 2 aromatic carbocycles. The molecule has 0 spiro atoms. The fraction of sp³-hybridized carbons (Fsp3) is 0.105. The minimum Gasteiger partial charge on any atom is -0.365 e. The van der Waals surface area contributed by atoms with Gasteiger partial charge in [0.2, 0.25) is 0 Å². The van der Waals surface area contributed by atoms with Gasteiger partial charge in [-0.15, -0.1) is 0 Å². The molecule has 3 rings (SSSR count). The molecule has 26 heavy (non-hydrogen) atoms. The van der Waals surface area contributed by atoms with E-state index >= 15 is 0 Å². The van der Waals surface area contributed by atoms with E-state index < -0.39 is 0 Å². The van der Waals surface area contributed by atoms with E-state index in [2.05, 4.69) is 20.6 Å². The van der Waals surface area contributed by atoms with Crippen molar-refractivity contribution in [2.45, 2.75) is 13.1 Å². The minimum absolute atomic E-state index is 0.204. The monoisotopic (exact) mass is 370 g/mol. The highest BCUT2D eigenvalue weighted by Gasteiger charge is 2.08. The lowest BCUT2D eigenvalue weighted by Gasteiger charge is -2.08. The van der Waals surface area contributed by atoms with Crippen LogP contribution in [0.4, 0.5) is 10.2 Å². The summed E-state index contributed by atoms with van der Waals surface area (Å²) in [4.78, 5) is 20.4. The first-order valence-electron chi connectivity index (χ1n) is 7.94. The molecule has 132 valence electrons. The fourth-order valence-electron chi connectivity index (χ4n) is 2.24. The van der Waals surface area contributed by atoms with Gasteiger partial charge in [0.15, 0.2) is 0 Å². The molecule has 7 heteroatoms. The number of carbonyl (C=O) groups excluding carboxylic acids is 1. The molecular weight excluding hydrogens is 355 g/mol. The molecular formula is C19H16ClFN4O. The van der Waals surface area contributed by atoms with Gasteiger partial charge in [0.1, 0.15) is 17.3 Å². The molecule has 0 saturated carbocycles. The van der Waals surface area contributed by atoms with Crippen LogP contribution in [0, 0.1) is 5.82 Å². The average Bonchev–Trinajstić information content (AvgIpc) is 2.67. The molecule has 0 aliphatic rings. The van der Waals surface area contributed by atoms with Gasteiger partial charge in [-0.1, -0.05) is 41.9 Å². The topological polar surface area (TPSA) is 66.9 Å². The molecule has 1 heterocycles. The van der Waals surface area contributed by atoms with Crippen molar-refractivity contribution in [3.63, 3.8) is 0 Å². The number of aromatic nitrogens is 2. The van der Waals surface area contributed by atoms with Crippen molar-refractivity contribution in [1.29, 1.82) is 0 Å². The zero-order valence-electron chi connectivity index (χ0n) is 13.7. The molecule has 0 saturated heterocycles. The highest BCUT2D eigenvalue weighted by atomic mass is 35.5. The molecule has 2 N–H and O–H groups in total. The number of benzene rings is 2. The highest BCUT2D eigenvalue weighted by Crippen LogP contribution is 2.16. The minimum atomic E-state index is -0.348. The summed E-state index contributed by atoms with van der Waals surface area (Å²) in [6.45, 7) is 0.789. The van der Waals surface area contributed by atoms with E-state index in [0.717, 1.165) is 11.1 Å². The summed E-state index contributed by atoms with van der Waals surface area (Å²) in [5.41, 5.74) is 1.94. The Morgan fingerprint density at radius 2 is 1.77 bits per heavy atom. The third-order valence-electron chi connectivity index (χ3n) is 3.67. The molecule has 0 radical (unpaired) electrons. The molecule has 0 unspecified atom stereocenters. The van der Waals surface area contributed by atoms with Crippen LogP contribution in [0.5, 0.6) is 0 Å². The maximum atomic E-state index is 12.9. The molecule has 0 fully saturated rings. The van der Waals surface area contributed by atoms with Gasteiger partial charge < -0.3 is 10.6 Å². The van der Waals surface area contributed by atoms with Gasteiger partial charge in [-0.3, -0.25) is 4.79 Å². The molecule has 0 atom stereocenters. The van der Waals surface area contributed by atoms with Crippen LogP contribution in [0.25, 0.3) is 0 Å².